The fourth-order valence-corrected chi connectivity index (χ4v) is 1.39. The normalized spacial score (nSPS) is 15.6. The molecule has 1 aromatic rings. The van der Waals surface area contributed by atoms with E-state index in [9.17, 15) is 0 Å². The summed E-state index contributed by atoms with van der Waals surface area (Å²) in [5, 5.41) is 3.95. The van der Waals surface area contributed by atoms with Crippen LogP contribution >= 0.6 is 0 Å². The van der Waals surface area contributed by atoms with Crippen molar-refractivity contribution in [3.8, 4) is 0 Å². The predicted molar refractivity (Wildman–Crippen MR) is 59.4 cm³/mol. The molecule has 0 aliphatic rings. The van der Waals surface area contributed by atoms with Gasteiger partial charge in [-0.15, -0.1) is 0 Å². The van der Waals surface area contributed by atoms with E-state index < -0.39 is 0 Å². The summed E-state index contributed by atoms with van der Waals surface area (Å²) in [6.45, 7) is 8.45. The van der Waals surface area contributed by atoms with Gasteiger partial charge < -0.3 is 10.3 Å². The fraction of sp³-hybridized carbons (Fsp3) is 0.818. The molecule has 0 aromatic carbocycles. The Balaban J connectivity index is 2.66. The molecule has 1 rings (SSSR count). The minimum Gasteiger partial charge on any atom is -0.338 e. The Bertz CT molecular complexity index is 296. The SMILES string of the molecule is CCC(C)c1noc(C(N)CC(C)C)n1. The first-order valence-corrected chi connectivity index (χ1v) is 5.63. The van der Waals surface area contributed by atoms with Gasteiger partial charge in [0.2, 0.25) is 5.89 Å². The van der Waals surface area contributed by atoms with Gasteiger partial charge in [-0.05, 0) is 18.8 Å². The molecule has 15 heavy (non-hydrogen) atoms. The van der Waals surface area contributed by atoms with Crippen LogP contribution in [-0.2, 0) is 0 Å². The summed E-state index contributed by atoms with van der Waals surface area (Å²) in [6.07, 6.45) is 1.89. The Labute approximate surface area is 91.2 Å². The summed E-state index contributed by atoms with van der Waals surface area (Å²) in [5.41, 5.74) is 5.95. The third-order valence-corrected chi connectivity index (χ3v) is 2.55. The van der Waals surface area contributed by atoms with Gasteiger partial charge in [0, 0.05) is 5.92 Å². The third-order valence-electron chi connectivity index (χ3n) is 2.55. The molecule has 0 amide bonds. The molecule has 4 nitrogen and oxygen atoms in total. The van der Waals surface area contributed by atoms with Gasteiger partial charge >= 0.3 is 0 Å². The molecule has 0 saturated heterocycles. The van der Waals surface area contributed by atoms with E-state index in [-0.39, 0.29) is 6.04 Å². The van der Waals surface area contributed by atoms with E-state index >= 15 is 0 Å². The maximum atomic E-state index is 5.95. The zero-order valence-electron chi connectivity index (χ0n) is 10.0. The minimum atomic E-state index is -0.129. The molecule has 1 aromatic heterocycles. The highest BCUT2D eigenvalue weighted by molar-refractivity contribution is 4.96. The van der Waals surface area contributed by atoms with E-state index in [0.717, 1.165) is 18.7 Å². The van der Waals surface area contributed by atoms with Crippen LogP contribution in [0, 0.1) is 5.92 Å². The number of nitrogens with two attached hydrogens (primary N) is 1. The molecular weight excluding hydrogens is 190 g/mol. The lowest BCUT2D eigenvalue weighted by molar-refractivity contribution is 0.331. The van der Waals surface area contributed by atoms with Crippen LogP contribution in [0.4, 0.5) is 0 Å². The molecule has 0 saturated carbocycles. The van der Waals surface area contributed by atoms with E-state index in [2.05, 4.69) is 37.8 Å². The van der Waals surface area contributed by atoms with E-state index in [1.807, 2.05) is 0 Å². The number of nitrogens with zero attached hydrogens (tertiary/aromatic N) is 2. The largest absolute Gasteiger partial charge is 0.338 e. The molecule has 0 aliphatic heterocycles. The van der Waals surface area contributed by atoms with Crippen molar-refractivity contribution in [1.29, 1.82) is 0 Å². The summed E-state index contributed by atoms with van der Waals surface area (Å²) >= 11 is 0. The number of aromatic nitrogens is 2. The standard InChI is InChI=1S/C11H21N3O/c1-5-8(4)10-13-11(15-14-10)9(12)6-7(2)3/h7-9H,5-6,12H2,1-4H3. The lowest BCUT2D eigenvalue weighted by Gasteiger charge is -2.08. The van der Waals surface area contributed by atoms with Gasteiger partial charge in [-0.2, -0.15) is 4.98 Å². The fourth-order valence-electron chi connectivity index (χ4n) is 1.39. The molecule has 4 heteroatoms. The topological polar surface area (TPSA) is 64.9 Å². The molecule has 2 unspecified atom stereocenters. The lowest BCUT2D eigenvalue weighted by atomic mass is 10.0. The summed E-state index contributed by atoms with van der Waals surface area (Å²) in [4.78, 5) is 4.33. The summed E-state index contributed by atoms with van der Waals surface area (Å²) < 4.78 is 5.16. The van der Waals surface area contributed by atoms with Gasteiger partial charge in [0.05, 0.1) is 6.04 Å². The van der Waals surface area contributed by atoms with Crippen molar-refractivity contribution >= 4 is 0 Å². The van der Waals surface area contributed by atoms with Gasteiger partial charge in [-0.1, -0.05) is 32.9 Å². The molecule has 0 bridgehead atoms. The third kappa shape index (κ3) is 3.30. The lowest BCUT2D eigenvalue weighted by Crippen LogP contribution is -2.13. The molecular formula is C11H21N3O. The first kappa shape index (κ1) is 12.2. The molecule has 0 spiro atoms. The maximum Gasteiger partial charge on any atom is 0.243 e. The molecule has 0 aliphatic carbocycles. The van der Waals surface area contributed by atoms with Gasteiger partial charge in [-0.3, -0.25) is 0 Å². The van der Waals surface area contributed by atoms with Gasteiger partial charge in [0.15, 0.2) is 5.82 Å². The Hall–Kier alpha value is -0.900. The van der Waals surface area contributed by atoms with E-state index in [4.69, 9.17) is 10.3 Å². The second-order valence-corrected chi connectivity index (χ2v) is 4.54. The van der Waals surface area contributed by atoms with Gasteiger partial charge in [0.1, 0.15) is 0 Å². The maximum absolute atomic E-state index is 5.95. The number of hydrogen-bond donors (Lipinski definition) is 1. The van der Waals surface area contributed by atoms with E-state index in [1.165, 1.54) is 0 Å². The Kier molecular flexibility index (Phi) is 4.27. The Morgan fingerprint density at radius 3 is 2.53 bits per heavy atom. The molecule has 0 radical (unpaired) electrons. The van der Waals surface area contributed by atoms with Crippen LogP contribution in [0.25, 0.3) is 0 Å². The minimum absolute atomic E-state index is 0.129. The van der Waals surface area contributed by atoms with Crippen LogP contribution in [0.3, 0.4) is 0 Å². The highest BCUT2D eigenvalue weighted by Gasteiger charge is 2.18. The average molecular weight is 211 g/mol. The first-order valence-electron chi connectivity index (χ1n) is 5.63. The molecule has 2 atom stereocenters. The van der Waals surface area contributed by atoms with Crippen LogP contribution in [0.5, 0.6) is 0 Å². The molecule has 86 valence electrons. The number of hydrogen-bond acceptors (Lipinski definition) is 4. The van der Waals surface area contributed by atoms with Crippen molar-refractivity contribution in [3.63, 3.8) is 0 Å². The second kappa shape index (κ2) is 5.26. The van der Waals surface area contributed by atoms with Crippen molar-refractivity contribution in [2.45, 2.75) is 52.5 Å². The molecule has 2 N–H and O–H groups in total. The van der Waals surface area contributed by atoms with Crippen LogP contribution < -0.4 is 5.73 Å². The predicted octanol–water partition coefficient (Wildman–Crippen LogP) is 2.63. The summed E-state index contributed by atoms with van der Waals surface area (Å²) in [7, 11) is 0. The smallest absolute Gasteiger partial charge is 0.243 e. The second-order valence-electron chi connectivity index (χ2n) is 4.54. The van der Waals surface area contributed by atoms with Crippen molar-refractivity contribution < 1.29 is 4.52 Å². The van der Waals surface area contributed by atoms with Crippen molar-refractivity contribution in [2.24, 2.45) is 11.7 Å². The molecule has 1 heterocycles. The summed E-state index contributed by atoms with van der Waals surface area (Å²) in [5.74, 6) is 2.22. The van der Waals surface area contributed by atoms with Crippen LogP contribution in [0.2, 0.25) is 0 Å². The van der Waals surface area contributed by atoms with Gasteiger partial charge in [0.25, 0.3) is 0 Å². The van der Waals surface area contributed by atoms with Crippen molar-refractivity contribution in [1.82, 2.24) is 10.1 Å². The van der Waals surface area contributed by atoms with Crippen molar-refractivity contribution in [3.05, 3.63) is 11.7 Å². The zero-order chi connectivity index (χ0) is 11.4. The van der Waals surface area contributed by atoms with E-state index in [1.54, 1.807) is 0 Å². The van der Waals surface area contributed by atoms with E-state index in [0.29, 0.717) is 17.7 Å². The van der Waals surface area contributed by atoms with Crippen LogP contribution in [-0.4, -0.2) is 10.1 Å². The average Bonchev–Trinajstić information content (AvgIpc) is 2.64. The zero-order valence-corrected chi connectivity index (χ0v) is 10.0. The van der Waals surface area contributed by atoms with Gasteiger partial charge in [-0.25, -0.2) is 0 Å². The number of rotatable bonds is 5. The highest BCUT2D eigenvalue weighted by Crippen LogP contribution is 2.20. The van der Waals surface area contributed by atoms with Crippen LogP contribution in [0.1, 0.15) is 64.2 Å². The quantitative estimate of drug-likeness (QED) is 0.813. The monoisotopic (exact) mass is 211 g/mol. The highest BCUT2D eigenvalue weighted by atomic mass is 16.5. The van der Waals surface area contributed by atoms with Crippen molar-refractivity contribution in [2.75, 3.05) is 0 Å². The first-order chi connectivity index (χ1) is 7.04. The van der Waals surface area contributed by atoms with Crippen LogP contribution in [0.15, 0.2) is 4.52 Å². The Morgan fingerprint density at radius 2 is 2.00 bits per heavy atom. The molecule has 0 fully saturated rings. The Morgan fingerprint density at radius 1 is 1.33 bits per heavy atom. The summed E-state index contributed by atoms with van der Waals surface area (Å²) in [6, 6.07) is -0.129.